The van der Waals surface area contributed by atoms with E-state index < -0.39 is 0 Å². The molecule has 6 heteroatoms. The first-order chi connectivity index (χ1) is 11.1. The Balaban J connectivity index is 1.44. The third kappa shape index (κ3) is 4.40. The van der Waals surface area contributed by atoms with Crippen molar-refractivity contribution in [3.8, 4) is 10.6 Å². The minimum Gasteiger partial charge on any atom is -0.356 e. The number of carbonyl (C=O) groups excluding carboxylic acids is 1. The van der Waals surface area contributed by atoms with Gasteiger partial charge in [0.2, 0.25) is 5.91 Å². The van der Waals surface area contributed by atoms with Gasteiger partial charge in [-0.2, -0.15) is 0 Å². The number of aromatic nitrogens is 1. The van der Waals surface area contributed by atoms with E-state index in [9.17, 15) is 4.79 Å². The van der Waals surface area contributed by atoms with Crippen LogP contribution in [0.2, 0.25) is 0 Å². The van der Waals surface area contributed by atoms with Crippen molar-refractivity contribution in [3.63, 3.8) is 0 Å². The summed E-state index contributed by atoms with van der Waals surface area (Å²) in [5.74, 6) is 0.510. The van der Waals surface area contributed by atoms with E-state index in [1.54, 1.807) is 22.7 Å². The Morgan fingerprint density at radius 2 is 2.30 bits per heavy atom. The molecule has 3 rings (SSSR count). The number of nitrogens with zero attached hydrogens (tertiary/aromatic N) is 1. The van der Waals surface area contributed by atoms with E-state index in [0.29, 0.717) is 18.9 Å². The maximum Gasteiger partial charge on any atom is 0.220 e. The summed E-state index contributed by atoms with van der Waals surface area (Å²) in [6.07, 6.45) is 4.76. The van der Waals surface area contributed by atoms with Gasteiger partial charge in [-0.05, 0) is 44.2 Å². The molecular weight excluding hydrogens is 326 g/mol. The lowest BCUT2D eigenvalue weighted by atomic mass is 10.00. The van der Waals surface area contributed by atoms with Gasteiger partial charge >= 0.3 is 0 Å². The number of nitrogens with one attached hydrogen (secondary N) is 1. The van der Waals surface area contributed by atoms with E-state index >= 15 is 0 Å². The molecular formula is C17H23N3OS2. The van der Waals surface area contributed by atoms with Crippen LogP contribution in [0, 0.1) is 12.8 Å². The molecule has 2 aromatic heterocycles. The largest absolute Gasteiger partial charge is 0.356 e. The van der Waals surface area contributed by atoms with Crippen LogP contribution in [0.1, 0.15) is 35.6 Å². The van der Waals surface area contributed by atoms with Crippen LogP contribution in [0.4, 0.5) is 0 Å². The van der Waals surface area contributed by atoms with E-state index in [0.717, 1.165) is 36.4 Å². The lowest BCUT2D eigenvalue weighted by Crippen LogP contribution is -2.32. The SMILES string of the molecule is Cc1nc(-c2ccc(CCNC(=O)C[C@@H]3CCC[C@H]3N)s2)cs1. The van der Waals surface area contributed by atoms with Gasteiger partial charge in [-0.15, -0.1) is 22.7 Å². The summed E-state index contributed by atoms with van der Waals surface area (Å²) in [6, 6.07) is 4.46. The van der Waals surface area contributed by atoms with Gasteiger partial charge in [-0.1, -0.05) is 6.42 Å². The molecule has 0 saturated heterocycles. The van der Waals surface area contributed by atoms with Crippen LogP contribution in [0.25, 0.3) is 10.6 Å². The summed E-state index contributed by atoms with van der Waals surface area (Å²) in [4.78, 5) is 19.0. The van der Waals surface area contributed by atoms with E-state index in [4.69, 9.17) is 5.73 Å². The van der Waals surface area contributed by atoms with Crippen LogP contribution in [-0.4, -0.2) is 23.5 Å². The van der Waals surface area contributed by atoms with Crippen LogP contribution in [-0.2, 0) is 11.2 Å². The van der Waals surface area contributed by atoms with Crippen LogP contribution in [0.5, 0.6) is 0 Å². The highest BCUT2D eigenvalue weighted by Crippen LogP contribution is 2.29. The smallest absolute Gasteiger partial charge is 0.220 e. The first kappa shape index (κ1) is 16.6. The van der Waals surface area contributed by atoms with Crippen LogP contribution in [0.15, 0.2) is 17.5 Å². The second-order valence-electron chi connectivity index (χ2n) is 6.18. The second kappa shape index (κ2) is 7.55. The molecule has 4 nitrogen and oxygen atoms in total. The quantitative estimate of drug-likeness (QED) is 0.840. The van der Waals surface area contributed by atoms with Crippen molar-refractivity contribution in [2.24, 2.45) is 11.7 Å². The van der Waals surface area contributed by atoms with Crippen molar-refractivity contribution in [2.75, 3.05) is 6.54 Å². The van der Waals surface area contributed by atoms with Gasteiger partial charge in [-0.3, -0.25) is 4.79 Å². The Labute approximate surface area is 145 Å². The highest BCUT2D eigenvalue weighted by molar-refractivity contribution is 7.16. The molecule has 23 heavy (non-hydrogen) atoms. The highest BCUT2D eigenvalue weighted by atomic mass is 32.1. The van der Waals surface area contributed by atoms with E-state index in [2.05, 4.69) is 27.8 Å². The fourth-order valence-electron chi connectivity index (χ4n) is 3.08. The van der Waals surface area contributed by atoms with Gasteiger partial charge in [-0.25, -0.2) is 4.98 Å². The molecule has 0 spiro atoms. The molecule has 2 atom stereocenters. The van der Waals surface area contributed by atoms with Gasteiger partial charge in [0.05, 0.1) is 15.6 Å². The molecule has 0 bridgehead atoms. The first-order valence-corrected chi connectivity index (χ1v) is 9.85. The molecule has 2 heterocycles. The van der Waals surface area contributed by atoms with Gasteiger partial charge in [0.1, 0.15) is 0 Å². The zero-order valence-electron chi connectivity index (χ0n) is 13.4. The Bertz CT molecular complexity index is 664. The van der Waals surface area contributed by atoms with Gasteiger partial charge < -0.3 is 11.1 Å². The van der Waals surface area contributed by atoms with Crippen molar-refractivity contribution in [2.45, 2.75) is 45.1 Å². The molecule has 0 aromatic carbocycles. The van der Waals surface area contributed by atoms with Gasteiger partial charge in [0.25, 0.3) is 0 Å². The van der Waals surface area contributed by atoms with Gasteiger partial charge in [0, 0.05) is 29.3 Å². The Hall–Kier alpha value is -1.24. The number of hydrogen-bond acceptors (Lipinski definition) is 5. The van der Waals surface area contributed by atoms with Crippen molar-refractivity contribution in [1.82, 2.24) is 10.3 Å². The highest BCUT2D eigenvalue weighted by Gasteiger charge is 2.25. The van der Waals surface area contributed by atoms with E-state index in [1.165, 1.54) is 9.75 Å². The maximum atomic E-state index is 12.0. The Kier molecular flexibility index (Phi) is 5.46. The minimum absolute atomic E-state index is 0.138. The van der Waals surface area contributed by atoms with Crippen molar-refractivity contribution < 1.29 is 4.79 Å². The predicted molar refractivity (Wildman–Crippen MR) is 96.8 cm³/mol. The summed E-state index contributed by atoms with van der Waals surface area (Å²) in [5.41, 5.74) is 7.08. The third-order valence-corrected chi connectivity index (χ3v) is 6.33. The predicted octanol–water partition coefficient (Wildman–Crippen LogP) is 3.36. The minimum atomic E-state index is 0.138. The molecule has 1 fully saturated rings. The number of amides is 1. The second-order valence-corrected chi connectivity index (χ2v) is 8.41. The summed E-state index contributed by atoms with van der Waals surface area (Å²) >= 11 is 3.43. The molecule has 1 amide bonds. The van der Waals surface area contributed by atoms with E-state index in [-0.39, 0.29) is 11.9 Å². The summed E-state index contributed by atoms with van der Waals surface area (Å²) in [5, 5.41) is 6.22. The molecule has 0 unspecified atom stereocenters. The van der Waals surface area contributed by atoms with Crippen molar-refractivity contribution in [1.29, 1.82) is 0 Å². The fourth-order valence-corrected chi connectivity index (χ4v) is 4.74. The number of thiazole rings is 1. The van der Waals surface area contributed by atoms with E-state index in [1.807, 2.05) is 6.92 Å². The van der Waals surface area contributed by atoms with Crippen LogP contribution < -0.4 is 11.1 Å². The average molecular weight is 350 g/mol. The zero-order chi connectivity index (χ0) is 16.2. The first-order valence-electron chi connectivity index (χ1n) is 8.15. The molecule has 0 aliphatic heterocycles. The number of aryl methyl sites for hydroxylation is 1. The lowest BCUT2D eigenvalue weighted by Gasteiger charge is -2.14. The molecule has 0 radical (unpaired) electrons. The molecule has 2 aromatic rings. The lowest BCUT2D eigenvalue weighted by molar-refractivity contribution is -0.122. The normalized spacial score (nSPS) is 20.8. The summed E-state index contributed by atoms with van der Waals surface area (Å²) in [6.45, 7) is 2.71. The third-order valence-electron chi connectivity index (χ3n) is 4.39. The Morgan fingerprint density at radius 1 is 1.43 bits per heavy atom. The van der Waals surface area contributed by atoms with Gasteiger partial charge in [0.15, 0.2) is 0 Å². The van der Waals surface area contributed by atoms with Crippen molar-refractivity contribution in [3.05, 3.63) is 27.4 Å². The number of hydrogen-bond donors (Lipinski definition) is 2. The Morgan fingerprint density at radius 3 is 3.00 bits per heavy atom. The average Bonchev–Trinajstić information content (AvgIpc) is 3.22. The van der Waals surface area contributed by atoms with Crippen LogP contribution in [0.3, 0.4) is 0 Å². The topological polar surface area (TPSA) is 68.0 Å². The maximum absolute atomic E-state index is 12.0. The molecule has 1 aliphatic carbocycles. The number of carbonyl (C=O) groups is 1. The standard InChI is InChI=1S/C17H23N3OS2/c1-11-20-15(10-22-11)16-6-5-13(23-16)7-8-19-17(21)9-12-3-2-4-14(12)18/h5-6,10,12,14H,2-4,7-9,18H2,1H3,(H,19,21)/t12-,14+/m0/s1. The summed E-state index contributed by atoms with van der Waals surface area (Å²) < 4.78 is 0. The molecule has 1 saturated carbocycles. The number of nitrogens with two attached hydrogens (primary N) is 1. The van der Waals surface area contributed by atoms with Crippen molar-refractivity contribution >= 4 is 28.6 Å². The number of rotatable bonds is 6. The van der Waals surface area contributed by atoms with Crippen LogP contribution >= 0.6 is 22.7 Å². The number of thiophene rings is 1. The molecule has 3 N–H and O–H groups in total. The fraction of sp³-hybridized carbons (Fsp3) is 0.529. The molecule has 1 aliphatic rings. The molecule has 124 valence electrons. The summed E-state index contributed by atoms with van der Waals surface area (Å²) in [7, 11) is 0. The monoisotopic (exact) mass is 349 g/mol. The zero-order valence-corrected chi connectivity index (χ0v) is 15.0.